The van der Waals surface area contributed by atoms with E-state index in [1.54, 1.807) is 0 Å². The molecular formula is C17H28N2. The Kier molecular flexibility index (Phi) is 5.26. The van der Waals surface area contributed by atoms with Crippen molar-refractivity contribution in [3.63, 3.8) is 0 Å². The lowest BCUT2D eigenvalue weighted by Gasteiger charge is -2.31. The summed E-state index contributed by atoms with van der Waals surface area (Å²) in [4.78, 5) is 2.51. The number of hydrogen-bond donors (Lipinski definition) is 1. The van der Waals surface area contributed by atoms with Crippen molar-refractivity contribution in [2.75, 3.05) is 18.0 Å². The molecular weight excluding hydrogens is 232 g/mol. The number of nitrogens with zero attached hydrogens (tertiary/aromatic N) is 1. The van der Waals surface area contributed by atoms with Crippen LogP contribution in [0.25, 0.3) is 0 Å². The Labute approximate surface area is 118 Å². The highest BCUT2D eigenvalue weighted by atomic mass is 15.1. The number of anilines is 1. The Morgan fingerprint density at radius 3 is 2.63 bits per heavy atom. The minimum atomic E-state index is 0.389. The average molecular weight is 260 g/mol. The third-order valence-electron chi connectivity index (χ3n) is 4.51. The van der Waals surface area contributed by atoms with Gasteiger partial charge in [-0.1, -0.05) is 37.5 Å². The van der Waals surface area contributed by atoms with Gasteiger partial charge in [0.15, 0.2) is 0 Å². The minimum absolute atomic E-state index is 0.389. The van der Waals surface area contributed by atoms with Crippen LogP contribution in [0.2, 0.25) is 0 Å². The monoisotopic (exact) mass is 260 g/mol. The van der Waals surface area contributed by atoms with E-state index in [-0.39, 0.29) is 0 Å². The second kappa shape index (κ2) is 6.95. The van der Waals surface area contributed by atoms with Gasteiger partial charge in [0.1, 0.15) is 0 Å². The molecule has 0 saturated heterocycles. The topological polar surface area (TPSA) is 29.3 Å². The van der Waals surface area contributed by atoms with Gasteiger partial charge in [0.2, 0.25) is 0 Å². The van der Waals surface area contributed by atoms with Crippen molar-refractivity contribution < 1.29 is 0 Å². The van der Waals surface area contributed by atoms with Gasteiger partial charge in [0, 0.05) is 24.8 Å². The first-order chi connectivity index (χ1) is 9.22. The molecule has 0 heterocycles. The maximum absolute atomic E-state index is 6.37. The van der Waals surface area contributed by atoms with Gasteiger partial charge in [-0.05, 0) is 44.2 Å². The third kappa shape index (κ3) is 3.73. The summed E-state index contributed by atoms with van der Waals surface area (Å²) in [6.45, 7) is 6.62. The Hall–Kier alpha value is -1.02. The van der Waals surface area contributed by atoms with Crippen LogP contribution in [0, 0.1) is 12.8 Å². The van der Waals surface area contributed by atoms with Gasteiger partial charge in [-0.3, -0.25) is 0 Å². The van der Waals surface area contributed by atoms with E-state index in [2.05, 4.69) is 43.0 Å². The van der Waals surface area contributed by atoms with Crippen molar-refractivity contribution in [2.45, 2.75) is 52.0 Å². The van der Waals surface area contributed by atoms with E-state index in [4.69, 9.17) is 5.73 Å². The summed E-state index contributed by atoms with van der Waals surface area (Å²) in [7, 11) is 0. The maximum Gasteiger partial charge on any atom is 0.0395 e. The van der Waals surface area contributed by atoms with Crippen LogP contribution in [-0.2, 0) is 0 Å². The van der Waals surface area contributed by atoms with Gasteiger partial charge in [-0.15, -0.1) is 0 Å². The molecule has 1 fully saturated rings. The highest BCUT2D eigenvalue weighted by molar-refractivity contribution is 5.52. The molecule has 1 aromatic rings. The highest BCUT2D eigenvalue weighted by Gasteiger charge is 2.22. The van der Waals surface area contributed by atoms with Crippen molar-refractivity contribution in [1.29, 1.82) is 0 Å². The van der Waals surface area contributed by atoms with Gasteiger partial charge in [0.25, 0.3) is 0 Å². The fraction of sp³-hybridized carbons (Fsp3) is 0.647. The third-order valence-corrected chi connectivity index (χ3v) is 4.51. The molecule has 0 radical (unpaired) electrons. The summed E-state index contributed by atoms with van der Waals surface area (Å²) in [5.41, 5.74) is 9.11. The molecule has 2 N–H and O–H groups in total. The van der Waals surface area contributed by atoms with Crippen molar-refractivity contribution in [3.05, 3.63) is 29.8 Å². The van der Waals surface area contributed by atoms with Crippen molar-refractivity contribution in [2.24, 2.45) is 11.7 Å². The summed E-state index contributed by atoms with van der Waals surface area (Å²) in [5.74, 6) is 0.655. The van der Waals surface area contributed by atoms with E-state index in [1.165, 1.54) is 43.4 Å². The van der Waals surface area contributed by atoms with Crippen LogP contribution in [0.15, 0.2) is 24.3 Å². The zero-order chi connectivity index (χ0) is 13.7. The molecule has 0 spiro atoms. The van der Waals surface area contributed by atoms with Gasteiger partial charge >= 0.3 is 0 Å². The van der Waals surface area contributed by atoms with Crippen LogP contribution >= 0.6 is 0 Å². The lowest BCUT2D eigenvalue weighted by molar-refractivity contribution is 0.397. The largest absolute Gasteiger partial charge is 0.371 e. The summed E-state index contributed by atoms with van der Waals surface area (Å²) < 4.78 is 0. The van der Waals surface area contributed by atoms with Crippen LogP contribution in [0.3, 0.4) is 0 Å². The lowest BCUT2D eigenvalue weighted by atomic mass is 9.94. The quantitative estimate of drug-likeness (QED) is 0.836. The first-order valence-electron chi connectivity index (χ1n) is 7.78. The molecule has 2 nitrogen and oxygen atoms in total. The number of nitrogens with two attached hydrogens (primary N) is 1. The predicted molar refractivity (Wildman–Crippen MR) is 83.6 cm³/mol. The van der Waals surface area contributed by atoms with E-state index in [9.17, 15) is 0 Å². The van der Waals surface area contributed by atoms with Gasteiger partial charge in [0.05, 0.1) is 0 Å². The molecule has 1 saturated carbocycles. The average Bonchev–Trinajstić information content (AvgIpc) is 2.62. The minimum Gasteiger partial charge on any atom is -0.371 e. The molecule has 1 aromatic carbocycles. The normalized spacial score (nSPS) is 23.9. The molecule has 19 heavy (non-hydrogen) atoms. The number of hydrogen-bond acceptors (Lipinski definition) is 2. The molecule has 1 aliphatic carbocycles. The molecule has 1 aliphatic rings. The molecule has 2 heteroatoms. The summed E-state index contributed by atoms with van der Waals surface area (Å²) >= 11 is 0. The van der Waals surface area contributed by atoms with Crippen molar-refractivity contribution in [3.8, 4) is 0 Å². The van der Waals surface area contributed by atoms with E-state index in [0.29, 0.717) is 12.0 Å². The van der Waals surface area contributed by atoms with Gasteiger partial charge in [-0.2, -0.15) is 0 Å². The zero-order valence-corrected chi connectivity index (χ0v) is 12.4. The van der Waals surface area contributed by atoms with Gasteiger partial charge in [-0.25, -0.2) is 0 Å². The fourth-order valence-corrected chi connectivity index (χ4v) is 3.24. The SMILES string of the molecule is CCN(CC1CCCCCC1N)c1ccccc1C. The summed E-state index contributed by atoms with van der Waals surface area (Å²) in [6, 6.07) is 9.08. The summed E-state index contributed by atoms with van der Waals surface area (Å²) in [5, 5.41) is 0. The number of rotatable bonds is 4. The van der Waals surface area contributed by atoms with E-state index in [1.807, 2.05) is 0 Å². The van der Waals surface area contributed by atoms with Crippen LogP contribution in [0.1, 0.15) is 44.6 Å². The van der Waals surface area contributed by atoms with Crippen LogP contribution < -0.4 is 10.6 Å². The Morgan fingerprint density at radius 2 is 1.89 bits per heavy atom. The number of aryl methyl sites for hydroxylation is 1. The Balaban J connectivity index is 2.08. The highest BCUT2D eigenvalue weighted by Crippen LogP contribution is 2.26. The van der Waals surface area contributed by atoms with Crippen molar-refractivity contribution >= 4 is 5.69 Å². The maximum atomic E-state index is 6.37. The molecule has 0 bridgehead atoms. The van der Waals surface area contributed by atoms with Crippen molar-refractivity contribution in [1.82, 2.24) is 0 Å². The second-order valence-corrected chi connectivity index (χ2v) is 5.89. The number of benzene rings is 1. The smallest absolute Gasteiger partial charge is 0.0395 e. The lowest BCUT2D eigenvalue weighted by Crippen LogP contribution is -2.39. The first-order valence-corrected chi connectivity index (χ1v) is 7.78. The molecule has 0 aliphatic heterocycles. The fourth-order valence-electron chi connectivity index (χ4n) is 3.24. The van der Waals surface area contributed by atoms with Gasteiger partial charge < -0.3 is 10.6 Å². The van der Waals surface area contributed by atoms with Crippen LogP contribution in [0.4, 0.5) is 5.69 Å². The Morgan fingerprint density at radius 1 is 1.16 bits per heavy atom. The van der Waals surface area contributed by atoms with E-state index < -0.39 is 0 Å². The molecule has 2 rings (SSSR count). The molecule has 2 atom stereocenters. The summed E-state index contributed by atoms with van der Waals surface area (Å²) in [6.07, 6.45) is 6.53. The first kappa shape index (κ1) is 14.4. The molecule has 0 amide bonds. The molecule has 106 valence electrons. The predicted octanol–water partition coefficient (Wildman–Crippen LogP) is 3.73. The number of para-hydroxylation sites is 1. The standard InChI is InChI=1S/C17H28N2/c1-3-19(17-12-8-7-9-14(17)2)13-15-10-5-4-6-11-16(15)18/h7-9,12,15-16H,3-6,10-11,13,18H2,1-2H3. The second-order valence-electron chi connectivity index (χ2n) is 5.89. The molecule has 2 unspecified atom stereocenters. The zero-order valence-electron chi connectivity index (χ0n) is 12.4. The van der Waals surface area contributed by atoms with Crippen LogP contribution in [0.5, 0.6) is 0 Å². The molecule has 0 aromatic heterocycles. The Bertz CT molecular complexity index is 389. The van der Waals surface area contributed by atoms with E-state index >= 15 is 0 Å². The van der Waals surface area contributed by atoms with Crippen LogP contribution in [-0.4, -0.2) is 19.1 Å². The van der Waals surface area contributed by atoms with E-state index in [0.717, 1.165) is 13.1 Å².